The number of nitrogens with zero attached hydrogens (tertiary/aromatic N) is 4. The maximum atomic E-state index is 11.2. The number of aromatic nitrogens is 3. The first-order valence-corrected chi connectivity index (χ1v) is 7.37. The second-order valence-electron chi connectivity index (χ2n) is 5.89. The van der Waals surface area contributed by atoms with Crippen LogP contribution in [-0.4, -0.2) is 38.3 Å². The van der Waals surface area contributed by atoms with Crippen molar-refractivity contribution in [2.45, 2.75) is 33.2 Å². The molecule has 21 heavy (non-hydrogen) atoms. The lowest BCUT2D eigenvalue weighted by Crippen LogP contribution is -2.38. The van der Waals surface area contributed by atoms with Gasteiger partial charge in [-0.25, -0.2) is 9.97 Å². The van der Waals surface area contributed by atoms with Crippen molar-refractivity contribution in [1.82, 2.24) is 19.3 Å². The van der Waals surface area contributed by atoms with Gasteiger partial charge in [0.2, 0.25) is 11.7 Å². The molecule has 0 atom stereocenters. The zero-order valence-corrected chi connectivity index (χ0v) is 12.5. The Hall–Kier alpha value is -1.95. The van der Waals surface area contributed by atoms with Gasteiger partial charge in [0.15, 0.2) is 0 Å². The molecule has 1 aliphatic heterocycles. The monoisotopic (exact) mass is 287 g/mol. The van der Waals surface area contributed by atoms with E-state index < -0.39 is 0 Å². The van der Waals surface area contributed by atoms with Crippen LogP contribution in [0.1, 0.15) is 29.9 Å². The van der Waals surface area contributed by atoms with Crippen molar-refractivity contribution in [2.75, 3.05) is 13.1 Å². The molecule has 0 spiro atoms. The SMILES string of the molecule is Cc1cc(C)n2cc(CN3CCC(C(N)=O)CC3)nc2n1. The molecule has 2 aromatic rings. The predicted octanol–water partition coefficient (Wildman–Crippen LogP) is 1.04. The average Bonchev–Trinajstić information content (AvgIpc) is 2.82. The van der Waals surface area contributed by atoms with E-state index >= 15 is 0 Å². The second kappa shape index (κ2) is 5.44. The largest absolute Gasteiger partial charge is 0.369 e. The molecule has 0 radical (unpaired) electrons. The molecule has 0 bridgehead atoms. The molecule has 112 valence electrons. The van der Waals surface area contributed by atoms with Crippen LogP contribution in [0.2, 0.25) is 0 Å². The number of aryl methyl sites for hydroxylation is 2. The van der Waals surface area contributed by atoms with E-state index in [1.54, 1.807) is 0 Å². The lowest BCUT2D eigenvalue weighted by atomic mass is 9.96. The predicted molar refractivity (Wildman–Crippen MR) is 79.7 cm³/mol. The molecule has 2 N–H and O–H groups in total. The first-order valence-electron chi connectivity index (χ1n) is 7.37. The highest BCUT2D eigenvalue weighted by Gasteiger charge is 2.23. The van der Waals surface area contributed by atoms with Crippen LogP contribution in [0.25, 0.3) is 5.78 Å². The van der Waals surface area contributed by atoms with Crippen molar-refractivity contribution in [1.29, 1.82) is 0 Å². The molecular weight excluding hydrogens is 266 g/mol. The summed E-state index contributed by atoms with van der Waals surface area (Å²) in [6.07, 6.45) is 3.75. The highest BCUT2D eigenvalue weighted by molar-refractivity contribution is 5.76. The van der Waals surface area contributed by atoms with E-state index in [4.69, 9.17) is 5.73 Å². The highest BCUT2D eigenvalue weighted by Crippen LogP contribution is 2.18. The summed E-state index contributed by atoms with van der Waals surface area (Å²) >= 11 is 0. The fourth-order valence-electron chi connectivity index (χ4n) is 3.00. The molecule has 6 nitrogen and oxygen atoms in total. The fourth-order valence-corrected chi connectivity index (χ4v) is 3.00. The number of carbonyl (C=O) groups is 1. The van der Waals surface area contributed by atoms with Gasteiger partial charge in [0.1, 0.15) is 0 Å². The summed E-state index contributed by atoms with van der Waals surface area (Å²) in [4.78, 5) is 22.6. The molecule has 0 unspecified atom stereocenters. The van der Waals surface area contributed by atoms with Gasteiger partial charge in [0.05, 0.1) is 5.69 Å². The number of imidazole rings is 1. The summed E-state index contributed by atoms with van der Waals surface area (Å²) in [6, 6.07) is 2.05. The van der Waals surface area contributed by atoms with Crippen LogP contribution in [0.5, 0.6) is 0 Å². The Bertz CT molecular complexity index is 670. The minimum atomic E-state index is -0.169. The number of likely N-dealkylation sites (tertiary alicyclic amines) is 1. The minimum Gasteiger partial charge on any atom is -0.369 e. The van der Waals surface area contributed by atoms with E-state index in [1.807, 2.05) is 11.3 Å². The van der Waals surface area contributed by atoms with Crippen molar-refractivity contribution in [3.8, 4) is 0 Å². The van der Waals surface area contributed by atoms with Gasteiger partial charge in [-0.3, -0.25) is 14.1 Å². The van der Waals surface area contributed by atoms with E-state index in [2.05, 4.69) is 34.1 Å². The van der Waals surface area contributed by atoms with Crippen molar-refractivity contribution < 1.29 is 4.79 Å². The number of primary amides is 1. The Morgan fingerprint density at radius 3 is 2.71 bits per heavy atom. The number of fused-ring (bicyclic) bond motifs is 1. The third-order valence-electron chi connectivity index (χ3n) is 4.19. The van der Waals surface area contributed by atoms with E-state index in [0.717, 1.165) is 55.3 Å². The number of nitrogens with two attached hydrogens (primary N) is 1. The number of hydrogen-bond acceptors (Lipinski definition) is 4. The molecule has 6 heteroatoms. The summed E-state index contributed by atoms with van der Waals surface area (Å²) < 4.78 is 2.03. The Labute approximate surface area is 124 Å². The van der Waals surface area contributed by atoms with E-state index in [0.29, 0.717) is 0 Å². The second-order valence-corrected chi connectivity index (χ2v) is 5.89. The van der Waals surface area contributed by atoms with Gasteiger partial charge >= 0.3 is 0 Å². The van der Waals surface area contributed by atoms with Crippen LogP contribution < -0.4 is 5.73 Å². The molecule has 1 fully saturated rings. The number of carbonyl (C=O) groups excluding carboxylic acids is 1. The molecule has 2 aromatic heterocycles. The van der Waals surface area contributed by atoms with Crippen LogP contribution in [0.15, 0.2) is 12.3 Å². The summed E-state index contributed by atoms with van der Waals surface area (Å²) in [6.45, 7) is 6.63. The molecule has 1 saturated heterocycles. The van der Waals surface area contributed by atoms with Crippen LogP contribution in [0.3, 0.4) is 0 Å². The maximum absolute atomic E-state index is 11.2. The summed E-state index contributed by atoms with van der Waals surface area (Å²) in [7, 11) is 0. The van der Waals surface area contributed by atoms with E-state index in [9.17, 15) is 4.79 Å². The lowest BCUT2D eigenvalue weighted by molar-refractivity contribution is -0.123. The summed E-state index contributed by atoms with van der Waals surface area (Å²) in [5.74, 6) is 0.626. The third kappa shape index (κ3) is 2.90. The zero-order chi connectivity index (χ0) is 15.0. The quantitative estimate of drug-likeness (QED) is 0.915. The number of piperidine rings is 1. The highest BCUT2D eigenvalue weighted by atomic mass is 16.1. The standard InChI is InChI=1S/C15H21N5O/c1-10-7-11(2)20-9-13(18-15(20)17-10)8-19-5-3-12(4-6-19)14(16)21/h7,9,12H,3-6,8H2,1-2H3,(H2,16,21). The van der Waals surface area contributed by atoms with Crippen molar-refractivity contribution in [3.05, 3.63) is 29.3 Å². The molecular formula is C15H21N5O. The van der Waals surface area contributed by atoms with Crippen LogP contribution >= 0.6 is 0 Å². The first-order chi connectivity index (χ1) is 10.0. The summed E-state index contributed by atoms with van der Waals surface area (Å²) in [5, 5.41) is 0. The zero-order valence-electron chi connectivity index (χ0n) is 12.5. The first kappa shape index (κ1) is 14.0. The minimum absolute atomic E-state index is 0.0360. The van der Waals surface area contributed by atoms with Gasteiger partial charge in [0, 0.05) is 30.0 Å². The third-order valence-corrected chi connectivity index (χ3v) is 4.19. The van der Waals surface area contributed by atoms with Gasteiger partial charge in [0.25, 0.3) is 0 Å². The van der Waals surface area contributed by atoms with E-state index in [1.165, 1.54) is 0 Å². The molecule has 0 aliphatic carbocycles. The number of rotatable bonds is 3. The number of hydrogen-bond donors (Lipinski definition) is 1. The molecule has 3 rings (SSSR count). The molecule has 3 heterocycles. The van der Waals surface area contributed by atoms with Gasteiger partial charge in [-0.05, 0) is 45.8 Å². The Balaban J connectivity index is 1.71. The lowest BCUT2D eigenvalue weighted by Gasteiger charge is -2.29. The van der Waals surface area contributed by atoms with Gasteiger partial charge in [-0.15, -0.1) is 0 Å². The molecule has 0 saturated carbocycles. The molecule has 0 aromatic carbocycles. The van der Waals surface area contributed by atoms with Crippen molar-refractivity contribution in [3.63, 3.8) is 0 Å². The summed E-state index contributed by atoms with van der Waals surface area (Å²) in [5.41, 5.74) is 8.52. The van der Waals surface area contributed by atoms with Crippen LogP contribution in [0.4, 0.5) is 0 Å². The van der Waals surface area contributed by atoms with Crippen molar-refractivity contribution >= 4 is 11.7 Å². The van der Waals surface area contributed by atoms with Gasteiger partial charge in [-0.1, -0.05) is 0 Å². The molecule has 1 amide bonds. The van der Waals surface area contributed by atoms with Gasteiger partial charge < -0.3 is 5.73 Å². The average molecular weight is 287 g/mol. The topological polar surface area (TPSA) is 76.5 Å². The fraction of sp³-hybridized carbons (Fsp3) is 0.533. The van der Waals surface area contributed by atoms with Crippen LogP contribution in [-0.2, 0) is 11.3 Å². The van der Waals surface area contributed by atoms with Crippen molar-refractivity contribution in [2.24, 2.45) is 11.7 Å². The van der Waals surface area contributed by atoms with E-state index in [-0.39, 0.29) is 11.8 Å². The van der Waals surface area contributed by atoms with Crippen LogP contribution in [0, 0.1) is 19.8 Å². The Morgan fingerprint density at radius 2 is 2.05 bits per heavy atom. The Morgan fingerprint density at radius 1 is 1.33 bits per heavy atom. The molecule has 1 aliphatic rings. The normalized spacial score (nSPS) is 17.4. The van der Waals surface area contributed by atoms with Gasteiger partial charge in [-0.2, -0.15) is 0 Å². The number of amides is 1. The Kier molecular flexibility index (Phi) is 3.63. The maximum Gasteiger partial charge on any atom is 0.234 e. The smallest absolute Gasteiger partial charge is 0.234 e.